The molecular weight excluding hydrogens is 272 g/mol. The molecule has 0 spiro atoms. The average Bonchev–Trinajstić information content (AvgIpc) is 2.37. The molecular formula is C11H20N2O5S. The summed E-state index contributed by atoms with van der Waals surface area (Å²) in [5, 5.41) is 13.6. The van der Waals surface area contributed by atoms with E-state index in [1.54, 1.807) is 11.8 Å². The Hall–Kier alpha value is -1.44. The maximum Gasteiger partial charge on any atom is 0.326 e. The van der Waals surface area contributed by atoms with Crippen LogP contribution in [0, 0.1) is 0 Å². The van der Waals surface area contributed by atoms with Gasteiger partial charge in [0, 0.05) is 6.54 Å². The molecule has 0 saturated carbocycles. The van der Waals surface area contributed by atoms with Crippen molar-refractivity contribution < 1.29 is 24.2 Å². The largest absolute Gasteiger partial charge is 0.480 e. The molecule has 0 saturated heterocycles. The second-order valence-electron chi connectivity index (χ2n) is 3.62. The lowest BCUT2D eigenvalue weighted by molar-refractivity contribution is -0.147. The predicted molar refractivity (Wildman–Crippen MR) is 72.2 cm³/mol. The Bertz CT molecular complexity index is 311. The number of rotatable bonds is 9. The van der Waals surface area contributed by atoms with E-state index in [1.807, 2.05) is 0 Å². The Morgan fingerprint density at radius 2 is 2.05 bits per heavy atom. The van der Waals surface area contributed by atoms with Crippen LogP contribution in [0.25, 0.3) is 0 Å². The summed E-state index contributed by atoms with van der Waals surface area (Å²) in [6.07, 6.45) is 0.408. The molecule has 0 bridgehead atoms. The van der Waals surface area contributed by atoms with Gasteiger partial charge in [-0.15, -0.1) is 0 Å². The lowest BCUT2D eigenvalue weighted by atomic mass is 10.2. The van der Waals surface area contributed by atoms with E-state index >= 15 is 0 Å². The molecule has 7 nitrogen and oxygen atoms in total. The molecule has 0 rings (SSSR count). The molecule has 0 unspecified atom stereocenters. The van der Waals surface area contributed by atoms with E-state index < -0.39 is 30.4 Å². The maximum atomic E-state index is 11.4. The van der Waals surface area contributed by atoms with Crippen LogP contribution in [0.4, 0.5) is 4.79 Å². The Morgan fingerprint density at radius 1 is 1.37 bits per heavy atom. The van der Waals surface area contributed by atoms with Crippen molar-refractivity contribution in [2.45, 2.75) is 25.8 Å². The summed E-state index contributed by atoms with van der Waals surface area (Å²) in [6, 6.07) is -1.88. The quantitative estimate of drug-likeness (QED) is 0.421. The Kier molecular flexibility index (Phi) is 9.69. The van der Waals surface area contributed by atoms with E-state index in [0.717, 1.165) is 25.0 Å². The standard InChI is InChI=1S/C11H20N2O5S/c1-3-19-6-4-5-12-11(17)13-8(10(15)16)7-9(14)18-2/h8H,3-7H2,1-2H3,(H,15,16)(H2,12,13,17)/t8-/m0/s1. The first-order valence-electron chi connectivity index (χ1n) is 5.93. The molecule has 3 N–H and O–H groups in total. The monoisotopic (exact) mass is 292 g/mol. The fraction of sp³-hybridized carbons (Fsp3) is 0.727. The molecule has 2 amide bonds. The van der Waals surface area contributed by atoms with Gasteiger partial charge in [-0.1, -0.05) is 6.92 Å². The molecule has 19 heavy (non-hydrogen) atoms. The average molecular weight is 292 g/mol. The molecule has 0 aromatic carbocycles. The minimum atomic E-state index is -1.28. The number of hydrogen-bond donors (Lipinski definition) is 3. The number of esters is 1. The van der Waals surface area contributed by atoms with Gasteiger partial charge in [0.2, 0.25) is 0 Å². The number of urea groups is 1. The first kappa shape index (κ1) is 17.6. The highest BCUT2D eigenvalue weighted by molar-refractivity contribution is 7.99. The summed E-state index contributed by atoms with van der Waals surface area (Å²) >= 11 is 1.76. The van der Waals surface area contributed by atoms with Gasteiger partial charge >= 0.3 is 18.0 Å². The lowest BCUT2D eigenvalue weighted by Crippen LogP contribution is -2.47. The number of ether oxygens (including phenoxy) is 1. The van der Waals surface area contributed by atoms with Gasteiger partial charge in [0.05, 0.1) is 13.5 Å². The summed E-state index contributed by atoms with van der Waals surface area (Å²) in [7, 11) is 1.16. The van der Waals surface area contributed by atoms with Crippen LogP contribution in [0.2, 0.25) is 0 Å². The Morgan fingerprint density at radius 3 is 2.58 bits per heavy atom. The van der Waals surface area contributed by atoms with Gasteiger partial charge in [-0.05, 0) is 17.9 Å². The molecule has 0 aliphatic carbocycles. The van der Waals surface area contributed by atoms with Crippen molar-refractivity contribution in [3.63, 3.8) is 0 Å². The molecule has 0 radical (unpaired) electrons. The van der Waals surface area contributed by atoms with Crippen molar-refractivity contribution >= 4 is 29.7 Å². The Balaban J connectivity index is 3.97. The molecule has 0 aromatic rings. The van der Waals surface area contributed by atoms with Crippen molar-refractivity contribution in [2.75, 3.05) is 25.2 Å². The third-order valence-corrected chi connectivity index (χ3v) is 3.14. The van der Waals surface area contributed by atoms with Crippen molar-refractivity contribution in [2.24, 2.45) is 0 Å². The van der Waals surface area contributed by atoms with Crippen LogP contribution >= 0.6 is 11.8 Å². The number of amides is 2. The van der Waals surface area contributed by atoms with Crippen LogP contribution in [0.15, 0.2) is 0 Å². The van der Waals surface area contributed by atoms with E-state index in [2.05, 4.69) is 22.3 Å². The fourth-order valence-corrected chi connectivity index (χ4v) is 1.82. The van der Waals surface area contributed by atoms with Gasteiger partial charge in [0.15, 0.2) is 0 Å². The molecule has 0 aliphatic heterocycles. The Labute approximate surface area is 116 Å². The van der Waals surface area contributed by atoms with Crippen LogP contribution in [0.1, 0.15) is 19.8 Å². The number of carbonyl (C=O) groups excluding carboxylic acids is 2. The van der Waals surface area contributed by atoms with E-state index in [9.17, 15) is 14.4 Å². The molecule has 0 aromatic heterocycles. The molecule has 8 heteroatoms. The van der Waals surface area contributed by atoms with E-state index in [-0.39, 0.29) is 0 Å². The molecule has 0 aliphatic rings. The third kappa shape index (κ3) is 9.18. The number of carboxylic acid groups (broad SMARTS) is 1. The number of nitrogens with one attached hydrogen (secondary N) is 2. The van der Waals surface area contributed by atoms with Gasteiger partial charge in [-0.2, -0.15) is 11.8 Å². The summed E-state index contributed by atoms with van der Waals surface area (Å²) < 4.78 is 4.36. The van der Waals surface area contributed by atoms with E-state index in [4.69, 9.17) is 5.11 Å². The van der Waals surface area contributed by atoms with E-state index in [0.29, 0.717) is 6.54 Å². The number of methoxy groups -OCH3 is 1. The fourth-order valence-electron chi connectivity index (χ4n) is 1.18. The number of aliphatic carboxylic acids is 1. The van der Waals surface area contributed by atoms with Gasteiger partial charge in [-0.25, -0.2) is 9.59 Å². The zero-order valence-electron chi connectivity index (χ0n) is 11.1. The highest BCUT2D eigenvalue weighted by Crippen LogP contribution is 1.99. The van der Waals surface area contributed by atoms with Crippen molar-refractivity contribution in [3.8, 4) is 0 Å². The maximum absolute atomic E-state index is 11.4. The second-order valence-corrected chi connectivity index (χ2v) is 5.02. The third-order valence-electron chi connectivity index (χ3n) is 2.16. The summed E-state index contributed by atoms with van der Waals surface area (Å²) in [4.78, 5) is 33.2. The van der Waals surface area contributed by atoms with Crippen LogP contribution in [0.5, 0.6) is 0 Å². The smallest absolute Gasteiger partial charge is 0.326 e. The zero-order chi connectivity index (χ0) is 14.7. The second kappa shape index (κ2) is 10.5. The number of carbonyl (C=O) groups is 3. The SMILES string of the molecule is CCSCCCNC(=O)N[C@@H](CC(=O)OC)C(=O)O. The molecule has 110 valence electrons. The van der Waals surface area contributed by atoms with Crippen LogP contribution in [0.3, 0.4) is 0 Å². The first-order valence-corrected chi connectivity index (χ1v) is 7.08. The minimum absolute atomic E-state index is 0.398. The van der Waals surface area contributed by atoms with Crippen molar-refractivity contribution in [3.05, 3.63) is 0 Å². The normalized spacial score (nSPS) is 11.5. The zero-order valence-corrected chi connectivity index (χ0v) is 11.9. The molecule has 0 heterocycles. The lowest BCUT2D eigenvalue weighted by Gasteiger charge is -2.14. The summed E-state index contributed by atoms with van der Waals surface area (Å²) in [5.74, 6) is -0.0117. The van der Waals surface area contributed by atoms with Gasteiger partial charge in [0.25, 0.3) is 0 Å². The highest BCUT2D eigenvalue weighted by atomic mass is 32.2. The summed E-state index contributed by atoms with van der Waals surface area (Å²) in [5.41, 5.74) is 0. The van der Waals surface area contributed by atoms with Crippen molar-refractivity contribution in [1.82, 2.24) is 10.6 Å². The number of carboxylic acids is 1. The molecule has 0 fully saturated rings. The highest BCUT2D eigenvalue weighted by Gasteiger charge is 2.23. The topological polar surface area (TPSA) is 105 Å². The van der Waals surface area contributed by atoms with Gasteiger partial charge in [-0.3, -0.25) is 4.79 Å². The summed E-state index contributed by atoms with van der Waals surface area (Å²) in [6.45, 7) is 2.51. The molecule has 1 atom stereocenters. The van der Waals surface area contributed by atoms with Crippen molar-refractivity contribution in [1.29, 1.82) is 0 Å². The van der Waals surface area contributed by atoms with E-state index in [1.165, 1.54) is 0 Å². The van der Waals surface area contributed by atoms with Crippen LogP contribution < -0.4 is 10.6 Å². The first-order chi connectivity index (χ1) is 9.01. The van der Waals surface area contributed by atoms with Gasteiger partial charge in [0.1, 0.15) is 6.04 Å². The minimum Gasteiger partial charge on any atom is -0.480 e. The number of hydrogen-bond acceptors (Lipinski definition) is 5. The van der Waals surface area contributed by atoms with Crippen LogP contribution in [-0.4, -0.2) is 54.3 Å². The van der Waals surface area contributed by atoms with Crippen LogP contribution in [-0.2, 0) is 14.3 Å². The predicted octanol–water partition coefficient (Wildman–Crippen LogP) is 0.445. The van der Waals surface area contributed by atoms with Gasteiger partial charge < -0.3 is 20.5 Å². The number of thioether (sulfide) groups is 1.